The number of nitrogens with zero attached hydrogens (tertiary/aromatic N) is 4. The quantitative estimate of drug-likeness (QED) is 0.174. The topological polar surface area (TPSA) is 43.6 Å². The van der Waals surface area contributed by atoms with Gasteiger partial charge in [-0.2, -0.15) is 0 Å². The fourth-order valence-electron chi connectivity index (χ4n) is 7.86. The molecule has 0 aliphatic heterocycles. The van der Waals surface area contributed by atoms with E-state index in [9.17, 15) is 0 Å². The molecule has 3 aromatic heterocycles. The van der Waals surface area contributed by atoms with Crippen molar-refractivity contribution in [3.63, 3.8) is 0 Å². The van der Waals surface area contributed by atoms with Crippen molar-refractivity contribution in [1.82, 2.24) is 19.5 Å². The summed E-state index contributed by atoms with van der Waals surface area (Å²) in [5.41, 5.74) is 6.35. The van der Waals surface area contributed by atoms with Crippen molar-refractivity contribution >= 4 is 74.9 Å². The Balaban J connectivity index is 1.20. The lowest BCUT2D eigenvalue weighted by molar-refractivity contribution is 1.08. The third-order valence-corrected chi connectivity index (χ3v) is 11.4. The molecule has 4 nitrogen and oxygen atoms in total. The van der Waals surface area contributed by atoms with Gasteiger partial charge in [0.1, 0.15) is 0 Å². The summed E-state index contributed by atoms with van der Waals surface area (Å²) in [6, 6.07) is 60.1. The van der Waals surface area contributed by atoms with E-state index in [1.165, 1.54) is 47.1 Å². The molecule has 0 bridgehead atoms. The van der Waals surface area contributed by atoms with Crippen LogP contribution in [0.1, 0.15) is 0 Å². The zero-order chi connectivity index (χ0) is 34.2. The lowest BCUT2D eigenvalue weighted by Gasteiger charge is -2.12. The highest BCUT2D eigenvalue weighted by molar-refractivity contribution is 7.27. The SMILES string of the molecule is c1ccc(-c2nc(-c3ccc4c(c3)c3ccccc3n4-c3ccccc3)nc(-c3cc4ccc5ccccc5c4c4sc5ccccc5c34)n2)cc1. The average molecular weight is 681 g/mol. The number of thiophene rings is 1. The molecule has 5 heteroatoms. The van der Waals surface area contributed by atoms with Crippen molar-refractivity contribution < 1.29 is 0 Å². The van der Waals surface area contributed by atoms with Gasteiger partial charge < -0.3 is 4.57 Å². The normalized spacial score (nSPS) is 11.8. The van der Waals surface area contributed by atoms with Crippen molar-refractivity contribution in [2.75, 3.05) is 0 Å². The van der Waals surface area contributed by atoms with Gasteiger partial charge in [-0.05, 0) is 64.7 Å². The van der Waals surface area contributed by atoms with Crippen LogP contribution in [0.2, 0.25) is 0 Å². The minimum absolute atomic E-state index is 0.647. The molecular formula is C47H28N4S. The Morgan fingerprint density at radius 3 is 1.88 bits per heavy atom. The molecule has 242 valence electrons. The molecule has 0 saturated heterocycles. The molecule has 52 heavy (non-hydrogen) atoms. The number of fused-ring (bicyclic) bond motifs is 10. The van der Waals surface area contributed by atoms with Gasteiger partial charge in [0.15, 0.2) is 17.5 Å². The molecule has 0 unspecified atom stereocenters. The van der Waals surface area contributed by atoms with Gasteiger partial charge in [-0.3, -0.25) is 0 Å². The van der Waals surface area contributed by atoms with Crippen LogP contribution in [0.25, 0.3) is 103 Å². The summed E-state index contributed by atoms with van der Waals surface area (Å²) < 4.78 is 4.83. The minimum Gasteiger partial charge on any atom is -0.309 e. The van der Waals surface area contributed by atoms with Gasteiger partial charge in [0.25, 0.3) is 0 Å². The summed E-state index contributed by atoms with van der Waals surface area (Å²) >= 11 is 1.85. The number of para-hydroxylation sites is 2. The first-order valence-electron chi connectivity index (χ1n) is 17.5. The van der Waals surface area contributed by atoms with E-state index in [4.69, 9.17) is 15.0 Å². The van der Waals surface area contributed by atoms with Gasteiger partial charge >= 0.3 is 0 Å². The van der Waals surface area contributed by atoms with Crippen LogP contribution in [0, 0.1) is 0 Å². The molecule has 11 rings (SSSR count). The summed E-state index contributed by atoms with van der Waals surface area (Å²) in [6.07, 6.45) is 0. The number of benzene rings is 8. The Morgan fingerprint density at radius 2 is 1.04 bits per heavy atom. The van der Waals surface area contributed by atoms with E-state index in [2.05, 4.69) is 156 Å². The lowest BCUT2D eigenvalue weighted by Crippen LogP contribution is -2.00. The third kappa shape index (κ3) is 4.43. The smallest absolute Gasteiger partial charge is 0.164 e. The Morgan fingerprint density at radius 1 is 0.404 bits per heavy atom. The molecule has 0 N–H and O–H groups in total. The van der Waals surface area contributed by atoms with E-state index < -0.39 is 0 Å². The van der Waals surface area contributed by atoms with Crippen LogP contribution in [0.5, 0.6) is 0 Å². The summed E-state index contributed by atoms with van der Waals surface area (Å²) in [5.74, 6) is 1.96. The second-order valence-electron chi connectivity index (χ2n) is 13.2. The predicted octanol–water partition coefficient (Wildman–Crippen LogP) is 12.6. The van der Waals surface area contributed by atoms with Crippen LogP contribution in [0.4, 0.5) is 0 Å². The maximum Gasteiger partial charge on any atom is 0.164 e. The zero-order valence-electron chi connectivity index (χ0n) is 27.9. The van der Waals surface area contributed by atoms with Crippen LogP contribution in [-0.4, -0.2) is 19.5 Å². The van der Waals surface area contributed by atoms with Gasteiger partial charge in [0, 0.05) is 58.7 Å². The lowest BCUT2D eigenvalue weighted by atomic mass is 9.96. The fourth-order valence-corrected chi connectivity index (χ4v) is 9.16. The standard InChI is InChI=1S/C47H28N4S/c1-3-14-30(15-4-1)45-48-46(32-25-26-40-37(28-32)35-19-9-11-21-39(35)51(40)33-16-5-2-6-17-33)50-47(49-45)38-27-31-24-23-29-13-7-8-18-34(29)42(31)44-43(38)36-20-10-12-22-41(36)52-44/h1-28H. The molecule has 3 heterocycles. The Kier molecular flexibility index (Phi) is 6.39. The second kappa shape index (κ2) is 11.4. The van der Waals surface area contributed by atoms with E-state index in [1.807, 2.05) is 29.5 Å². The van der Waals surface area contributed by atoms with Gasteiger partial charge in [-0.15, -0.1) is 11.3 Å². The Labute approximate surface area is 302 Å². The number of hydrogen-bond donors (Lipinski definition) is 0. The maximum atomic E-state index is 5.33. The minimum atomic E-state index is 0.647. The van der Waals surface area contributed by atoms with E-state index in [1.54, 1.807) is 0 Å². The molecule has 11 aromatic rings. The predicted molar refractivity (Wildman–Crippen MR) is 218 cm³/mol. The van der Waals surface area contributed by atoms with Crippen LogP contribution in [-0.2, 0) is 0 Å². The monoisotopic (exact) mass is 680 g/mol. The maximum absolute atomic E-state index is 5.33. The van der Waals surface area contributed by atoms with Crippen LogP contribution >= 0.6 is 11.3 Å². The molecule has 8 aromatic carbocycles. The average Bonchev–Trinajstić information content (AvgIpc) is 3.77. The van der Waals surface area contributed by atoms with Crippen molar-refractivity contribution in [3.05, 3.63) is 170 Å². The van der Waals surface area contributed by atoms with Crippen LogP contribution in [0.15, 0.2) is 170 Å². The van der Waals surface area contributed by atoms with Crippen molar-refractivity contribution in [1.29, 1.82) is 0 Å². The third-order valence-electron chi connectivity index (χ3n) is 10.2. The summed E-state index contributed by atoms with van der Waals surface area (Å²) in [7, 11) is 0. The highest BCUT2D eigenvalue weighted by Crippen LogP contribution is 2.46. The van der Waals surface area contributed by atoms with Gasteiger partial charge in [-0.1, -0.05) is 121 Å². The molecular weight excluding hydrogens is 653 g/mol. The highest BCUT2D eigenvalue weighted by atomic mass is 32.1. The molecule has 0 fully saturated rings. The van der Waals surface area contributed by atoms with E-state index in [-0.39, 0.29) is 0 Å². The van der Waals surface area contributed by atoms with Crippen LogP contribution in [0.3, 0.4) is 0 Å². The number of aromatic nitrogens is 4. The first-order valence-corrected chi connectivity index (χ1v) is 18.3. The Hall–Kier alpha value is -6.69. The molecule has 0 radical (unpaired) electrons. The molecule has 0 atom stereocenters. The van der Waals surface area contributed by atoms with Gasteiger partial charge in [0.2, 0.25) is 0 Å². The van der Waals surface area contributed by atoms with Gasteiger partial charge in [0.05, 0.1) is 11.0 Å². The fraction of sp³-hybridized carbons (Fsp3) is 0. The summed E-state index contributed by atoms with van der Waals surface area (Å²) in [4.78, 5) is 15.7. The molecule has 0 amide bonds. The second-order valence-corrected chi connectivity index (χ2v) is 14.3. The summed E-state index contributed by atoms with van der Waals surface area (Å²) in [6.45, 7) is 0. The highest BCUT2D eigenvalue weighted by Gasteiger charge is 2.21. The van der Waals surface area contributed by atoms with E-state index in [0.717, 1.165) is 38.8 Å². The van der Waals surface area contributed by atoms with Crippen molar-refractivity contribution in [3.8, 4) is 39.9 Å². The Bertz CT molecular complexity index is 3180. The van der Waals surface area contributed by atoms with Crippen molar-refractivity contribution in [2.24, 2.45) is 0 Å². The number of hydrogen-bond acceptors (Lipinski definition) is 4. The molecule has 0 saturated carbocycles. The van der Waals surface area contributed by atoms with Gasteiger partial charge in [-0.25, -0.2) is 15.0 Å². The molecule has 0 aliphatic rings. The number of rotatable bonds is 4. The largest absolute Gasteiger partial charge is 0.309 e. The zero-order valence-corrected chi connectivity index (χ0v) is 28.7. The van der Waals surface area contributed by atoms with Crippen LogP contribution < -0.4 is 0 Å². The molecule has 0 spiro atoms. The first-order chi connectivity index (χ1) is 25.8. The first kappa shape index (κ1) is 29.1. The summed E-state index contributed by atoms with van der Waals surface area (Å²) in [5, 5.41) is 9.68. The van der Waals surface area contributed by atoms with E-state index >= 15 is 0 Å². The van der Waals surface area contributed by atoms with Crippen molar-refractivity contribution in [2.45, 2.75) is 0 Å². The molecule has 0 aliphatic carbocycles. The van der Waals surface area contributed by atoms with E-state index in [0.29, 0.717) is 17.5 Å².